The average Bonchev–Trinajstić information content (AvgIpc) is 2.97. The highest BCUT2D eigenvalue weighted by Crippen LogP contribution is 2.23. The van der Waals surface area contributed by atoms with Crippen LogP contribution in [-0.2, 0) is 0 Å². The summed E-state index contributed by atoms with van der Waals surface area (Å²) in [6, 6.07) is 7.79. The number of rotatable bonds is 4. The molecule has 5 heteroatoms. The van der Waals surface area contributed by atoms with Crippen molar-refractivity contribution in [1.29, 1.82) is 0 Å². The summed E-state index contributed by atoms with van der Waals surface area (Å²) in [7, 11) is 1.99. The molecule has 5 nitrogen and oxygen atoms in total. The Labute approximate surface area is 124 Å². The van der Waals surface area contributed by atoms with E-state index in [1.54, 1.807) is 0 Å². The van der Waals surface area contributed by atoms with Gasteiger partial charge in [-0.05, 0) is 44.8 Å². The summed E-state index contributed by atoms with van der Waals surface area (Å²) in [5.74, 6) is 0.789. The predicted octanol–water partition coefficient (Wildman–Crippen LogP) is 2.02. The third-order valence-corrected chi connectivity index (χ3v) is 4.38. The molecule has 2 N–H and O–H groups in total. The van der Waals surface area contributed by atoms with Gasteiger partial charge in [-0.3, -0.25) is 9.89 Å². The minimum absolute atomic E-state index is 0.0551. The van der Waals surface area contributed by atoms with E-state index in [4.69, 9.17) is 0 Å². The number of para-hydroxylation sites is 1. The van der Waals surface area contributed by atoms with E-state index in [0.717, 1.165) is 49.3 Å². The Kier molecular flexibility index (Phi) is 4.20. The molecule has 1 aliphatic heterocycles. The van der Waals surface area contributed by atoms with Crippen molar-refractivity contribution in [3.63, 3.8) is 0 Å². The third kappa shape index (κ3) is 2.93. The molecule has 1 aliphatic rings. The molecule has 1 aromatic heterocycles. The van der Waals surface area contributed by atoms with Gasteiger partial charge in [-0.15, -0.1) is 0 Å². The molecule has 0 unspecified atom stereocenters. The van der Waals surface area contributed by atoms with Crippen molar-refractivity contribution in [1.82, 2.24) is 20.4 Å². The van der Waals surface area contributed by atoms with E-state index in [-0.39, 0.29) is 5.91 Å². The Morgan fingerprint density at radius 3 is 2.90 bits per heavy atom. The number of nitrogens with zero attached hydrogens (tertiary/aromatic N) is 2. The molecule has 0 radical (unpaired) electrons. The van der Waals surface area contributed by atoms with Gasteiger partial charge in [-0.1, -0.05) is 18.2 Å². The van der Waals surface area contributed by atoms with Crippen LogP contribution in [0.2, 0.25) is 0 Å². The number of hydrogen-bond acceptors (Lipinski definition) is 3. The summed E-state index contributed by atoms with van der Waals surface area (Å²) in [5, 5.41) is 11.3. The van der Waals surface area contributed by atoms with E-state index in [2.05, 4.69) is 15.5 Å². The van der Waals surface area contributed by atoms with E-state index in [1.807, 2.05) is 36.2 Å². The van der Waals surface area contributed by atoms with Crippen LogP contribution < -0.4 is 5.32 Å². The molecule has 3 rings (SSSR count). The molecule has 21 heavy (non-hydrogen) atoms. The molecule has 1 amide bonds. The fourth-order valence-electron chi connectivity index (χ4n) is 3.05. The van der Waals surface area contributed by atoms with Crippen molar-refractivity contribution >= 4 is 16.8 Å². The van der Waals surface area contributed by atoms with E-state index < -0.39 is 0 Å². The zero-order valence-electron chi connectivity index (χ0n) is 12.4. The number of carbonyl (C=O) groups is 1. The van der Waals surface area contributed by atoms with Gasteiger partial charge < -0.3 is 10.2 Å². The van der Waals surface area contributed by atoms with Gasteiger partial charge in [-0.2, -0.15) is 5.10 Å². The second kappa shape index (κ2) is 6.26. The first-order valence-corrected chi connectivity index (χ1v) is 7.66. The van der Waals surface area contributed by atoms with Crippen molar-refractivity contribution in [2.75, 3.05) is 26.7 Å². The molecule has 0 atom stereocenters. The standard InChI is InChI=1S/C16H22N4O/c1-17-9-6-12-7-10-20(11-8-12)16(21)15-13-4-2-3-5-14(13)18-19-15/h2-5,12,17H,6-11H2,1H3,(H,18,19). The van der Waals surface area contributed by atoms with Crippen LogP contribution in [0.15, 0.2) is 24.3 Å². The summed E-state index contributed by atoms with van der Waals surface area (Å²) < 4.78 is 0. The number of benzene rings is 1. The SMILES string of the molecule is CNCCC1CCN(C(=O)c2n[nH]c3ccccc23)CC1. The Hall–Kier alpha value is -1.88. The fraction of sp³-hybridized carbons (Fsp3) is 0.500. The molecule has 1 fully saturated rings. The molecule has 2 heterocycles. The lowest BCUT2D eigenvalue weighted by molar-refractivity contribution is 0.0683. The van der Waals surface area contributed by atoms with Gasteiger partial charge in [0, 0.05) is 18.5 Å². The number of aromatic nitrogens is 2. The first-order chi connectivity index (χ1) is 10.3. The zero-order valence-corrected chi connectivity index (χ0v) is 12.4. The molecule has 0 saturated carbocycles. The van der Waals surface area contributed by atoms with Crippen LogP contribution in [0.3, 0.4) is 0 Å². The number of nitrogens with one attached hydrogen (secondary N) is 2. The monoisotopic (exact) mass is 286 g/mol. The highest BCUT2D eigenvalue weighted by Gasteiger charge is 2.25. The Morgan fingerprint density at radius 2 is 2.14 bits per heavy atom. The Balaban J connectivity index is 1.67. The predicted molar refractivity (Wildman–Crippen MR) is 83.3 cm³/mol. The Morgan fingerprint density at radius 1 is 1.38 bits per heavy atom. The van der Waals surface area contributed by atoms with E-state index >= 15 is 0 Å². The molecule has 1 aromatic carbocycles. The number of hydrogen-bond donors (Lipinski definition) is 2. The molecule has 0 aliphatic carbocycles. The molecule has 112 valence electrons. The maximum absolute atomic E-state index is 12.6. The van der Waals surface area contributed by atoms with Crippen molar-refractivity contribution < 1.29 is 4.79 Å². The quantitative estimate of drug-likeness (QED) is 0.904. The maximum Gasteiger partial charge on any atom is 0.274 e. The Bertz CT molecular complexity index is 614. The number of H-pyrrole nitrogens is 1. The zero-order chi connectivity index (χ0) is 14.7. The van der Waals surface area contributed by atoms with Crippen LogP contribution >= 0.6 is 0 Å². The van der Waals surface area contributed by atoms with E-state index in [1.165, 1.54) is 6.42 Å². The summed E-state index contributed by atoms with van der Waals surface area (Å²) in [6.45, 7) is 2.74. The van der Waals surface area contributed by atoms with Crippen molar-refractivity contribution in [3.05, 3.63) is 30.0 Å². The smallest absolute Gasteiger partial charge is 0.274 e. The number of carbonyl (C=O) groups excluding carboxylic acids is 1. The second-order valence-electron chi connectivity index (χ2n) is 5.75. The number of fused-ring (bicyclic) bond motifs is 1. The van der Waals surface area contributed by atoms with Crippen molar-refractivity contribution in [2.24, 2.45) is 5.92 Å². The van der Waals surface area contributed by atoms with Gasteiger partial charge in [0.05, 0.1) is 5.52 Å². The molecule has 0 spiro atoms. The van der Waals surface area contributed by atoms with Crippen LogP contribution in [0.25, 0.3) is 10.9 Å². The lowest BCUT2D eigenvalue weighted by atomic mass is 9.93. The second-order valence-corrected chi connectivity index (χ2v) is 5.75. The van der Waals surface area contributed by atoms with Crippen molar-refractivity contribution in [3.8, 4) is 0 Å². The van der Waals surface area contributed by atoms with Crippen LogP contribution in [0, 0.1) is 5.92 Å². The summed E-state index contributed by atoms with van der Waals surface area (Å²) in [4.78, 5) is 14.6. The number of amides is 1. The van der Waals surface area contributed by atoms with Gasteiger partial charge >= 0.3 is 0 Å². The molecule has 1 saturated heterocycles. The van der Waals surface area contributed by atoms with Gasteiger partial charge in [0.25, 0.3) is 5.91 Å². The summed E-state index contributed by atoms with van der Waals surface area (Å²) >= 11 is 0. The summed E-state index contributed by atoms with van der Waals surface area (Å²) in [5.41, 5.74) is 1.48. The molecular formula is C16H22N4O. The van der Waals surface area contributed by atoms with Crippen LogP contribution in [0.5, 0.6) is 0 Å². The lowest BCUT2D eigenvalue weighted by Gasteiger charge is -2.31. The van der Waals surface area contributed by atoms with Crippen molar-refractivity contribution in [2.45, 2.75) is 19.3 Å². The number of likely N-dealkylation sites (tertiary alicyclic amines) is 1. The minimum atomic E-state index is 0.0551. The highest BCUT2D eigenvalue weighted by molar-refractivity contribution is 6.04. The van der Waals surface area contributed by atoms with Crippen LogP contribution in [0.4, 0.5) is 0 Å². The van der Waals surface area contributed by atoms with Crippen LogP contribution in [0.1, 0.15) is 29.8 Å². The molecular weight excluding hydrogens is 264 g/mol. The highest BCUT2D eigenvalue weighted by atomic mass is 16.2. The van der Waals surface area contributed by atoms with Gasteiger partial charge in [0.15, 0.2) is 5.69 Å². The third-order valence-electron chi connectivity index (χ3n) is 4.38. The first kappa shape index (κ1) is 14.1. The minimum Gasteiger partial charge on any atom is -0.337 e. The number of piperidine rings is 1. The van der Waals surface area contributed by atoms with E-state index in [0.29, 0.717) is 5.69 Å². The van der Waals surface area contributed by atoms with Crippen LogP contribution in [-0.4, -0.2) is 47.7 Å². The van der Waals surface area contributed by atoms with E-state index in [9.17, 15) is 4.79 Å². The normalized spacial score (nSPS) is 16.5. The van der Waals surface area contributed by atoms with Gasteiger partial charge in [0.1, 0.15) is 0 Å². The van der Waals surface area contributed by atoms with Gasteiger partial charge in [-0.25, -0.2) is 0 Å². The average molecular weight is 286 g/mol. The molecule has 0 bridgehead atoms. The maximum atomic E-state index is 12.6. The number of aromatic amines is 1. The first-order valence-electron chi connectivity index (χ1n) is 7.66. The van der Waals surface area contributed by atoms with Gasteiger partial charge in [0.2, 0.25) is 0 Å². The fourth-order valence-corrected chi connectivity index (χ4v) is 3.05. The largest absolute Gasteiger partial charge is 0.337 e. The topological polar surface area (TPSA) is 61.0 Å². The summed E-state index contributed by atoms with van der Waals surface area (Å²) in [6.07, 6.45) is 3.38. The molecule has 2 aromatic rings. The lowest BCUT2D eigenvalue weighted by Crippen LogP contribution is -2.39.